The maximum Gasteiger partial charge on any atom is 0.198 e. The van der Waals surface area contributed by atoms with Crippen LogP contribution in [-0.4, -0.2) is 78.5 Å². The van der Waals surface area contributed by atoms with Gasteiger partial charge in [0.05, 0.1) is 41.3 Å². The van der Waals surface area contributed by atoms with Crippen LogP contribution in [0.1, 0.15) is 190 Å². The zero-order chi connectivity index (χ0) is 53.8. The Labute approximate surface area is 450 Å². The van der Waals surface area contributed by atoms with Crippen molar-refractivity contribution in [2.45, 2.75) is 220 Å². The van der Waals surface area contributed by atoms with Crippen LogP contribution in [0, 0.1) is 63.1 Å². The van der Waals surface area contributed by atoms with E-state index in [1.54, 1.807) is 6.08 Å². The Morgan fingerprint density at radius 2 is 1.14 bits per heavy atom. The Morgan fingerprint density at radius 3 is 1.57 bits per heavy atom. The molecule has 0 aromatic rings. The molecule has 8 fully saturated rings. The smallest absolute Gasteiger partial charge is 0.198 e. The lowest BCUT2D eigenvalue weighted by molar-refractivity contribution is -0.132. The predicted molar refractivity (Wildman–Crippen MR) is 302 cm³/mol. The molecule has 8 aliphatic rings. The van der Waals surface area contributed by atoms with Crippen molar-refractivity contribution in [1.29, 1.82) is 0 Å². The Kier molecular flexibility index (Phi) is 19.7. The molecule has 0 aliphatic heterocycles. The van der Waals surface area contributed by atoms with E-state index in [0.717, 1.165) is 81.1 Å². The number of carbonyl (C=O) groups excluding carboxylic acids is 3. The summed E-state index contributed by atoms with van der Waals surface area (Å²) < 4.78 is 0. The van der Waals surface area contributed by atoms with Gasteiger partial charge < -0.3 is 25.5 Å². The van der Waals surface area contributed by atoms with Gasteiger partial charge in [-0.05, 0) is 198 Å². The first-order chi connectivity index (χ1) is 35.1. The molecule has 13 atom stereocenters. The number of aliphatic hydroxyl groups excluding tert-OH is 5. The van der Waals surface area contributed by atoms with Crippen LogP contribution in [0.2, 0.25) is 0 Å². The quantitative estimate of drug-likeness (QED) is 0.0391. The summed E-state index contributed by atoms with van der Waals surface area (Å²) in [5, 5.41) is 51.9. The number of Topliss-reactive ketones (excluding diaryl/α,β-unsaturated/α-hetero) is 1. The number of hydrogen-bond donors (Lipinski definition) is 5. The molecule has 8 nitrogen and oxygen atoms in total. The fraction of sp³-hybridized carbons (Fsp3) is 0.708. The van der Waals surface area contributed by atoms with Crippen molar-refractivity contribution in [3.05, 3.63) is 95.2 Å². The van der Waals surface area contributed by atoms with E-state index in [-0.39, 0.29) is 27.5 Å². The average Bonchev–Trinajstić information content (AvgIpc) is 4.29. The van der Waals surface area contributed by atoms with E-state index >= 15 is 0 Å². The second-order valence-corrected chi connectivity index (χ2v) is 26.8. The molecule has 0 bridgehead atoms. The van der Waals surface area contributed by atoms with Crippen molar-refractivity contribution < 1.29 is 39.9 Å². The summed E-state index contributed by atoms with van der Waals surface area (Å²) in [4.78, 5) is 38.6. The van der Waals surface area contributed by atoms with Crippen LogP contribution in [0.15, 0.2) is 95.2 Å². The lowest BCUT2D eigenvalue weighted by Gasteiger charge is -2.44. The average molecular weight is 1040 g/mol. The summed E-state index contributed by atoms with van der Waals surface area (Å²) in [7, 11) is 0. The number of carbonyl (C=O) groups is 3. The minimum atomic E-state index is -0.714. The van der Waals surface area contributed by atoms with Crippen molar-refractivity contribution in [1.82, 2.24) is 0 Å². The molecular formula is C65H96O8S. The van der Waals surface area contributed by atoms with Crippen molar-refractivity contribution in [3.8, 4) is 0 Å². The number of allylic oxidation sites excluding steroid dienone is 9. The number of unbranched alkanes of at least 4 members (excludes halogenated alkanes) is 1. The lowest BCUT2D eigenvalue weighted by atomic mass is 9.61. The number of fused-ring (bicyclic) bond motifs is 2. The van der Waals surface area contributed by atoms with Gasteiger partial charge in [0, 0.05) is 12.2 Å². The van der Waals surface area contributed by atoms with Crippen LogP contribution in [0.3, 0.4) is 0 Å². The second-order valence-electron chi connectivity index (χ2n) is 25.7. The van der Waals surface area contributed by atoms with E-state index in [1.165, 1.54) is 67.9 Å². The highest BCUT2D eigenvalue weighted by atomic mass is 32.2. The first-order valence-corrected chi connectivity index (χ1v) is 30.2. The summed E-state index contributed by atoms with van der Waals surface area (Å²) in [6, 6.07) is 0. The number of thioether (sulfide) groups is 1. The molecule has 0 unspecified atom stereocenters. The van der Waals surface area contributed by atoms with Gasteiger partial charge in [-0.15, -0.1) is 0 Å². The summed E-state index contributed by atoms with van der Waals surface area (Å²) in [5.41, 5.74) is 5.45. The molecule has 0 heterocycles. The van der Waals surface area contributed by atoms with E-state index in [2.05, 4.69) is 98.1 Å². The summed E-state index contributed by atoms with van der Waals surface area (Å²) in [6.07, 6.45) is 34.1. The third-order valence-corrected chi connectivity index (χ3v) is 21.5. The van der Waals surface area contributed by atoms with Crippen molar-refractivity contribution in [2.24, 2.45) is 63.1 Å². The molecule has 8 rings (SSSR count). The van der Waals surface area contributed by atoms with Crippen LogP contribution >= 0.6 is 11.8 Å². The minimum absolute atomic E-state index is 0.0307. The van der Waals surface area contributed by atoms with E-state index < -0.39 is 41.3 Å². The lowest BCUT2D eigenvalue weighted by Crippen LogP contribution is -2.35. The van der Waals surface area contributed by atoms with Crippen LogP contribution in [0.5, 0.6) is 0 Å². The molecule has 8 saturated carbocycles. The van der Waals surface area contributed by atoms with Gasteiger partial charge in [0.2, 0.25) is 0 Å². The van der Waals surface area contributed by atoms with Crippen LogP contribution in [0.25, 0.3) is 0 Å². The predicted octanol–water partition coefficient (Wildman–Crippen LogP) is 13.2. The number of ketones is 2. The Hall–Kier alpha value is -2.92. The molecule has 0 radical (unpaired) electrons. The summed E-state index contributed by atoms with van der Waals surface area (Å²) in [5.74, 6) is 4.35. The minimum Gasteiger partial charge on any atom is -0.388 e. The normalized spacial score (nSPS) is 35.6. The first kappa shape index (κ1) is 58.8. The highest BCUT2D eigenvalue weighted by Crippen LogP contribution is 2.61. The first-order valence-electron chi connectivity index (χ1n) is 29.3. The fourth-order valence-corrected chi connectivity index (χ4v) is 16.2. The SMILES string of the molecule is C=C1[C@H](O)CC(=C/C=C2\CCC[C@]3(C)[C@@H]([C@H](C)/C=C/C(=O)C4(C(=O)CCC(C)C)CC4)CC[C@@H]23)C[C@H]1O.C=C1[C@H](O)CC(=C/C=C2\CCC[C@]3(C)[C@@H]([C@H](C)/C=C/[C@@H](O)C4(C(=O)SCCCC)CC4)CC[C@@H]23)C[C@H]1O. The fourth-order valence-electron chi connectivity index (χ4n) is 14.9. The van der Waals surface area contributed by atoms with E-state index in [0.29, 0.717) is 84.7 Å². The topological polar surface area (TPSA) is 152 Å². The van der Waals surface area contributed by atoms with Crippen molar-refractivity contribution in [2.75, 3.05) is 5.75 Å². The molecule has 0 saturated heterocycles. The molecule has 74 heavy (non-hydrogen) atoms. The highest BCUT2D eigenvalue weighted by molar-refractivity contribution is 8.13. The molecular weight excluding hydrogens is 941 g/mol. The Balaban J connectivity index is 0.000000216. The van der Waals surface area contributed by atoms with Crippen LogP contribution in [-0.2, 0) is 14.4 Å². The van der Waals surface area contributed by atoms with Gasteiger partial charge in [-0.3, -0.25) is 14.4 Å². The largest absolute Gasteiger partial charge is 0.388 e. The molecule has 9 heteroatoms. The Bertz CT molecular complexity index is 2220. The van der Waals surface area contributed by atoms with E-state index in [1.807, 2.05) is 6.08 Å². The van der Waals surface area contributed by atoms with Gasteiger partial charge >= 0.3 is 0 Å². The number of hydrogen-bond acceptors (Lipinski definition) is 9. The zero-order valence-electron chi connectivity index (χ0n) is 46.6. The third-order valence-electron chi connectivity index (χ3n) is 20.3. The van der Waals surface area contributed by atoms with E-state index in [9.17, 15) is 39.9 Å². The summed E-state index contributed by atoms with van der Waals surface area (Å²) in [6.45, 7) is 23.5. The van der Waals surface area contributed by atoms with Gasteiger partial charge in [-0.25, -0.2) is 0 Å². The highest BCUT2D eigenvalue weighted by Gasteiger charge is 2.56. The standard InChI is InChI=1S/C33H48O4.C32H48O4S/c1-21(2)8-14-30(36)33(17-18-33)31(37)15-9-22(3)26-12-13-27-25(7-6-16-32(26,27)5)11-10-24-19-28(34)23(4)29(35)20-24;1-5-6-18-37-30(36)32(16-17-32)29(35)14-9-21(2)25-12-13-26-24(8-7-15-31(25,26)4)11-10-23-19-27(33)22(3)28(34)20-23/h9-11,15,21-22,26-29,34-35H,4,6-8,12-14,16-20H2,1-3,5H3;9-11,14,21,25-29,33-35H,3,5-8,12-13,15-20H2,1-2,4H3/b15-9+,25-11+;14-9+,24-11+/t22-,26-,27+,28-,29-,32-;21-,25-,26+,27-,28-,29-,31-/m11/s1. The third kappa shape index (κ3) is 13.0. The summed E-state index contributed by atoms with van der Waals surface area (Å²) >= 11 is 1.41. The van der Waals surface area contributed by atoms with Gasteiger partial charge in [-0.2, -0.15) is 0 Å². The monoisotopic (exact) mass is 1040 g/mol. The molecule has 0 amide bonds. The van der Waals surface area contributed by atoms with Crippen LogP contribution in [0.4, 0.5) is 0 Å². The molecule has 5 N–H and O–H groups in total. The number of rotatable bonds is 18. The van der Waals surface area contributed by atoms with Gasteiger partial charge in [0.1, 0.15) is 5.78 Å². The molecule has 0 aromatic carbocycles. The molecule has 410 valence electrons. The van der Waals surface area contributed by atoms with E-state index in [4.69, 9.17) is 0 Å². The zero-order valence-corrected chi connectivity index (χ0v) is 47.4. The molecule has 0 aromatic heterocycles. The second kappa shape index (κ2) is 24.8. The Morgan fingerprint density at radius 1 is 0.662 bits per heavy atom. The van der Waals surface area contributed by atoms with Gasteiger partial charge in [0.25, 0.3) is 0 Å². The maximum atomic E-state index is 13.1. The molecule has 0 spiro atoms. The van der Waals surface area contributed by atoms with Gasteiger partial charge in [0.15, 0.2) is 10.9 Å². The molecule has 8 aliphatic carbocycles. The van der Waals surface area contributed by atoms with Gasteiger partial charge in [-0.1, -0.05) is 145 Å². The number of aliphatic hydroxyl groups is 5. The van der Waals surface area contributed by atoms with Crippen LogP contribution < -0.4 is 0 Å². The van der Waals surface area contributed by atoms with Crippen molar-refractivity contribution >= 4 is 28.4 Å². The maximum absolute atomic E-state index is 13.1. The van der Waals surface area contributed by atoms with Crippen molar-refractivity contribution in [3.63, 3.8) is 0 Å².